The number of benzene rings is 1. The summed E-state index contributed by atoms with van der Waals surface area (Å²) < 4.78 is 19.1. The Hall–Kier alpha value is -1.66. The van der Waals surface area contributed by atoms with Gasteiger partial charge in [0.1, 0.15) is 0 Å². The van der Waals surface area contributed by atoms with Crippen molar-refractivity contribution in [2.45, 2.75) is 43.9 Å². The smallest absolute Gasteiger partial charge is 0.254 e. The SMILES string of the molecule is COc1cccc(C(=O)N[C@@H]2CCC[C@@H]2N2CCC(O)C2)c1F. The molecule has 1 saturated carbocycles. The fourth-order valence-corrected chi connectivity index (χ4v) is 3.71. The van der Waals surface area contributed by atoms with Crippen molar-refractivity contribution in [1.82, 2.24) is 10.2 Å². The lowest BCUT2D eigenvalue weighted by atomic mass is 10.1. The third kappa shape index (κ3) is 3.33. The van der Waals surface area contributed by atoms with Crippen LogP contribution in [0, 0.1) is 5.82 Å². The first-order valence-corrected chi connectivity index (χ1v) is 8.15. The number of aliphatic hydroxyl groups excluding tert-OH is 1. The number of rotatable bonds is 4. The number of ether oxygens (including phenoxy) is 1. The third-order valence-electron chi connectivity index (χ3n) is 4.89. The van der Waals surface area contributed by atoms with Crippen molar-refractivity contribution in [1.29, 1.82) is 0 Å². The van der Waals surface area contributed by atoms with Crippen molar-refractivity contribution in [3.05, 3.63) is 29.6 Å². The van der Waals surface area contributed by atoms with E-state index >= 15 is 0 Å². The maximum absolute atomic E-state index is 14.2. The predicted molar refractivity (Wildman–Crippen MR) is 84.0 cm³/mol. The first-order valence-electron chi connectivity index (χ1n) is 8.15. The molecule has 23 heavy (non-hydrogen) atoms. The summed E-state index contributed by atoms with van der Waals surface area (Å²) in [5.41, 5.74) is 0.0106. The van der Waals surface area contributed by atoms with E-state index in [4.69, 9.17) is 4.74 Å². The van der Waals surface area contributed by atoms with Gasteiger partial charge in [-0.1, -0.05) is 6.07 Å². The van der Waals surface area contributed by atoms with Crippen LogP contribution in [0.3, 0.4) is 0 Å². The molecule has 0 bridgehead atoms. The van der Waals surface area contributed by atoms with E-state index in [0.29, 0.717) is 6.54 Å². The van der Waals surface area contributed by atoms with Crippen LogP contribution in [0.4, 0.5) is 4.39 Å². The molecule has 2 fully saturated rings. The maximum atomic E-state index is 14.2. The summed E-state index contributed by atoms with van der Waals surface area (Å²) in [6, 6.07) is 4.80. The number of hydrogen-bond donors (Lipinski definition) is 2. The number of carbonyl (C=O) groups excluding carboxylic acids is 1. The quantitative estimate of drug-likeness (QED) is 0.883. The molecule has 3 atom stereocenters. The van der Waals surface area contributed by atoms with E-state index in [1.165, 1.54) is 19.2 Å². The Morgan fingerprint density at radius 3 is 2.91 bits per heavy atom. The predicted octanol–water partition coefficient (Wildman–Crippen LogP) is 1.55. The van der Waals surface area contributed by atoms with Crippen LogP contribution in [-0.4, -0.2) is 54.3 Å². The molecule has 1 aliphatic carbocycles. The van der Waals surface area contributed by atoms with E-state index in [-0.39, 0.29) is 29.5 Å². The van der Waals surface area contributed by atoms with Crippen LogP contribution in [0.25, 0.3) is 0 Å². The average molecular weight is 322 g/mol. The molecule has 0 radical (unpaired) electrons. The van der Waals surface area contributed by atoms with Gasteiger partial charge < -0.3 is 15.2 Å². The molecule has 1 amide bonds. The minimum Gasteiger partial charge on any atom is -0.494 e. The summed E-state index contributed by atoms with van der Waals surface area (Å²) in [6.45, 7) is 1.51. The number of amides is 1. The standard InChI is InChI=1S/C17H23FN2O3/c1-23-15-7-2-4-12(16(15)18)17(22)19-13-5-3-6-14(13)20-9-8-11(21)10-20/h2,4,7,11,13-14,21H,3,5-6,8-10H2,1H3,(H,19,22)/t11?,13-,14+/m1/s1. The molecule has 1 aliphatic heterocycles. The van der Waals surface area contributed by atoms with Gasteiger partial charge in [0, 0.05) is 25.2 Å². The number of methoxy groups -OCH3 is 1. The molecule has 2 aliphatic rings. The molecule has 1 saturated heterocycles. The number of β-amino-alcohol motifs (C(OH)–C–C–N with tert-alkyl or cyclic N) is 1. The number of nitrogens with zero attached hydrogens (tertiary/aromatic N) is 1. The van der Waals surface area contributed by atoms with Crippen molar-refractivity contribution >= 4 is 5.91 Å². The highest BCUT2D eigenvalue weighted by Crippen LogP contribution is 2.28. The molecular weight excluding hydrogens is 299 g/mol. The summed E-state index contributed by atoms with van der Waals surface area (Å²) in [5.74, 6) is -0.958. The Balaban J connectivity index is 1.69. The fourth-order valence-electron chi connectivity index (χ4n) is 3.71. The molecule has 5 nitrogen and oxygen atoms in total. The first kappa shape index (κ1) is 16.2. The topological polar surface area (TPSA) is 61.8 Å². The maximum Gasteiger partial charge on any atom is 0.254 e. The van der Waals surface area contributed by atoms with Crippen LogP contribution in [0.1, 0.15) is 36.0 Å². The Kier molecular flexibility index (Phi) is 4.82. The molecule has 3 rings (SSSR count). The highest BCUT2D eigenvalue weighted by molar-refractivity contribution is 5.95. The Morgan fingerprint density at radius 2 is 2.22 bits per heavy atom. The number of aliphatic hydroxyl groups is 1. The van der Waals surface area contributed by atoms with Crippen LogP contribution in [-0.2, 0) is 0 Å². The molecule has 1 aromatic rings. The lowest BCUT2D eigenvalue weighted by molar-refractivity contribution is 0.0901. The number of carbonyl (C=O) groups is 1. The van der Waals surface area contributed by atoms with E-state index in [9.17, 15) is 14.3 Å². The van der Waals surface area contributed by atoms with Crippen LogP contribution >= 0.6 is 0 Å². The summed E-state index contributed by atoms with van der Waals surface area (Å²) >= 11 is 0. The molecule has 1 unspecified atom stereocenters. The summed E-state index contributed by atoms with van der Waals surface area (Å²) in [4.78, 5) is 14.7. The number of nitrogens with one attached hydrogen (secondary N) is 1. The van der Waals surface area contributed by atoms with Gasteiger partial charge in [-0.15, -0.1) is 0 Å². The zero-order chi connectivity index (χ0) is 16.4. The van der Waals surface area contributed by atoms with Crippen molar-refractivity contribution in [3.8, 4) is 5.75 Å². The molecule has 2 N–H and O–H groups in total. The molecule has 1 aromatic carbocycles. The van der Waals surface area contributed by atoms with Crippen molar-refractivity contribution in [2.24, 2.45) is 0 Å². The zero-order valence-corrected chi connectivity index (χ0v) is 13.3. The first-order chi connectivity index (χ1) is 11.1. The van der Waals surface area contributed by atoms with Gasteiger partial charge in [0.25, 0.3) is 5.91 Å². The van der Waals surface area contributed by atoms with Crippen LogP contribution in [0.2, 0.25) is 0 Å². The van der Waals surface area contributed by atoms with Gasteiger partial charge >= 0.3 is 0 Å². The van der Waals surface area contributed by atoms with Gasteiger partial charge in [0.2, 0.25) is 0 Å². The highest BCUT2D eigenvalue weighted by Gasteiger charge is 2.36. The normalized spacial score (nSPS) is 28.0. The van der Waals surface area contributed by atoms with Gasteiger partial charge in [-0.3, -0.25) is 9.69 Å². The monoisotopic (exact) mass is 322 g/mol. The van der Waals surface area contributed by atoms with E-state index in [2.05, 4.69) is 10.2 Å². The lowest BCUT2D eigenvalue weighted by Crippen LogP contribution is -2.48. The third-order valence-corrected chi connectivity index (χ3v) is 4.89. The van der Waals surface area contributed by atoms with Gasteiger partial charge in [0.15, 0.2) is 11.6 Å². The van der Waals surface area contributed by atoms with E-state index in [0.717, 1.165) is 32.2 Å². The number of hydrogen-bond acceptors (Lipinski definition) is 4. The Labute approximate surface area is 135 Å². The van der Waals surface area contributed by atoms with Crippen LogP contribution in [0.5, 0.6) is 5.75 Å². The van der Waals surface area contributed by atoms with Gasteiger partial charge in [-0.2, -0.15) is 0 Å². The molecule has 126 valence electrons. The second-order valence-electron chi connectivity index (χ2n) is 6.34. The van der Waals surface area contributed by atoms with Crippen LogP contribution in [0.15, 0.2) is 18.2 Å². The Morgan fingerprint density at radius 1 is 1.39 bits per heavy atom. The van der Waals surface area contributed by atoms with E-state index < -0.39 is 11.7 Å². The summed E-state index contributed by atoms with van der Waals surface area (Å²) in [5, 5.41) is 12.7. The Bertz CT molecular complexity index is 581. The van der Waals surface area contributed by atoms with Gasteiger partial charge in [-0.05, 0) is 37.8 Å². The van der Waals surface area contributed by atoms with Gasteiger partial charge in [0.05, 0.1) is 18.8 Å². The highest BCUT2D eigenvalue weighted by atomic mass is 19.1. The van der Waals surface area contributed by atoms with E-state index in [1.807, 2.05) is 0 Å². The molecule has 0 spiro atoms. The minimum atomic E-state index is -0.626. The average Bonchev–Trinajstić information content (AvgIpc) is 3.16. The molecule has 0 aromatic heterocycles. The van der Waals surface area contributed by atoms with Gasteiger partial charge in [-0.25, -0.2) is 4.39 Å². The lowest BCUT2D eigenvalue weighted by Gasteiger charge is -2.29. The molecule has 1 heterocycles. The second kappa shape index (κ2) is 6.84. The van der Waals surface area contributed by atoms with E-state index in [1.54, 1.807) is 6.07 Å². The zero-order valence-electron chi connectivity index (χ0n) is 13.3. The fraction of sp³-hybridized carbons (Fsp3) is 0.588. The summed E-state index contributed by atoms with van der Waals surface area (Å²) in [7, 11) is 1.38. The number of likely N-dealkylation sites (tertiary alicyclic amines) is 1. The molecule has 6 heteroatoms. The van der Waals surface area contributed by atoms with Crippen molar-refractivity contribution in [2.75, 3.05) is 20.2 Å². The minimum absolute atomic E-state index is 0.00148. The van der Waals surface area contributed by atoms with Crippen molar-refractivity contribution < 1.29 is 19.0 Å². The largest absolute Gasteiger partial charge is 0.494 e. The molecular formula is C17H23FN2O3. The van der Waals surface area contributed by atoms with Crippen molar-refractivity contribution in [3.63, 3.8) is 0 Å². The summed E-state index contributed by atoms with van der Waals surface area (Å²) in [6.07, 6.45) is 3.42. The van der Waals surface area contributed by atoms with Crippen LogP contribution < -0.4 is 10.1 Å². The number of halogens is 1. The second-order valence-corrected chi connectivity index (χ2v) is 6.34.